The van der Waals surface area contributed by atoms with Crippen LogP contribution in [0.3, 0.4) is 0 Å². The first-order chi connectivity index (χ1) is 9.92. The van der Waals surface area contributed by atoms with Crippen molar-refractivity contribution in [3.05, 3.63) is 27.2 Å². The van der Waals surface area contributed by atoms with Gasteiger partial charge in [0.15, 0.2) is 5.13 Å². The number of carbonyl (C=O) groups is 1. The van der Waals surface area contributed by atoms with E-state index in [-0.39, 0.29) is 18.0 Å². The van der Waals surface area contributed by atoms with Gasteiger partial charge in [0.2, 0.25) is 5.91 Å². The van der Waals surface area contributed by atoms with Gasteiger partial charge in [-0.1, -0.05) is 6.92 Å². The molecule has 0 aliphatic carbocycles. The maximum absolute atomic E-state index is 12.0. The number of anilines is 1. The van der Waals surface area contributed by atoms with E-state index < -0.39 is 0 Å². The number of aryl methyl sites for hydroxylation is 2. The fraction of sp³-hybridized carbons (Fsp3) is 0.500. The van der Waals surface area contributed by atoms with E-state index in [0.717, 1.165) is 22.0 Å². The Morgan fingerprint density at radius 1 is 1.43 bits per heavy atom. The van der Waals surface area contributed by atoms with E-state index >= 15 is 0 Å². The largest absolute Gasteiger partial charge is 0.301 e. The Morgan fingerprint density at radius 2 is 2.19 bits per heavy atom. The van der Waals surface area contributed by atoms with Crippen LogP contribution in [0.5, 0.6) is 0 Å². The number of thiazole rings is 2. The molecule has 2 heterocycles. The summed E-state index contributed by atoms with van der Waals surface area (Å²) in [6.45, 7) is 8.35. The maximum atomic E-state index is 12.0. The summed E-state index contributed by atoms with van der Waals surface area (Å²) in [4.78, 5) is 21.9. The highest BCUT2D eigenvalue weighted by atomic mass is 32.1. The minimum atomic E-state index is -0.321. The van der Waals surface area contributed by atoms with Crippen molar-refractivity contribution >= 4 is 33.7 Å². The molecule has 0 aromatic carbocycles. The molecule has 0 fully saturated rings. The van der Waals surface area contributed by atoms with Crippen LogP contribution in [0.2, 0.25) is 0 Å². The molecule has 0 saturated heterocycles. The van der Waals surface area contributed by atoms with Gasteiger partial charge in [0.25, 0.3) is 0 Å². The summed E-state index contributed by atoms with van der Waals surface area (Å²) in [5.74, 6) is -0.0870. The average Bonchev–Trinajstić information content (AvgIpc) is 3.06. The van der Waals surface area contributed by atoms with Gasteiger partial charge >= 0.3 is 0 Å². The first-order valence-electron chi connectivity index (χ1n) is 6.83. The van der Waals surface area contributed by atoms with Crippen LogP contribution >= 0.6 is 22.7 Å². The molecule has 5 nitrogen and oxygen atoms in total. The first kappa shape index (κ1) is 16.1. The van der Waals surface area contributed by atoms with Gasteiger partial charge in [0.05, 0.1) is 17.8 Å². The molecule has 0 bridgehead atoms. The molecule has 2 aromatic heterocycles. The number of carbonyl (C=O) groups excluding carboxylic acids is 1. The number of rotatable bonds is 6. The Balaban J connectivity index is 1.90. The molecule has 0 aliphatic heterocycles. The molecule has 0 aliphatic rings. The van der Waals surface area contributed by atoms with E-state index in [1.54, 1.807) is 17.5 Å². The fourth-order valence-electron chi connectivity index (χ4n) is 1.88. The molecule has 0 saturated carbocycles. The summed E-state index contributed by atoms with van der Waals surface area (Å²) in [7, 11) is 0. The Bertz CT molecular complexity index is 605. The summed E-state index contributed by atoms with van der Waals surface area (Å²) in [5, 5.41) is 9.64. The number of hydrogen-bond donors (Lipinski definition) is 2. The number of hydrogen-bond acceptors (Lipinski definition) is 6. The van der Waals surface area contributed by atoms with Crippen LogP contribution in [0, 0.1) is 6.92 Å². The molecule has 0 atom stereocenters. The Morgan fingerprint density at radius 3 is 2.76 bits per heavy atom. The van der Waals surface area contributed by atoms with Crippen molar-refractivity contribution < 1.29 is 4.79 Å². The smallest absolute Gasteiger partial charge is 0.240 e. The van der Waals surface area contributed by atoms with E-state index in [2.05, 4.69) is 27.5 Å². The molecule has 7 heteroatoms. The first-order valence-corrected chi connectivity index (χ1v) is 8.53. The quantitative estimate of drug-likeness (QED) is 0.857. The topological polar surface area (TPSA) is 66.9 Å². The van der Waals surface area contributed by atoms with Gasteiger partial charge in [-0.15, -0.1) is 22.7 Å². The highest BCUT2D eigenvalue weighted by molar-refractivity contribution is 7.15. The lowest BCUT2D eigenvalue weighted by molar-refractivity contribution is -0.115. The summed E-state index contributed by atoms with van der Waals surface area (Å²) in [6.07, 6.45) is 2.65. The average molecular weight is 324 g/mol. The molecule has 114 valence electrons. The van der Waals surface area contributed by atoms with Crippen molar-refractivity contribution in [2.45, 2.75) is 39.7 Å². The summed E-state index contributed by atoms with van der Waals surface area (Å²) >= 11 is 3.10. The van der Waals surface area contributed by atoms with Crippen LogP contribution in [-0.4, -0.2) is 22.4 Å². The van der Waals surface area contributed by atoms with Gasteiger partial charge in [0.1, 0.15) is 5.01 Å². The van der Waals surface area contributed by atoms with E-state index in [4.69, 9.17) is 0 Å². The van der Waals surface area contributed by atoms with Gasteiger partial charge in [-0.25, -0.2) is 9.97 Å². The van der Waals surface area contributed by atoms with E-state index in [1.165, 1.54) is 11.3 Å². The Labute approximate surface area is 132 Å². The van der Waals surface area contributed by atoms with Crippen LogP contribution in [0.4, 0.5) is 5.13 Å². The summed E-state index contributed by atoms with van der Waals surface area (Å²) in [6, 6.07) is 0. The molecule has 2 N–H and O–H groups in total. The molecule has 0 radical (unpaired) electrons. The molecular formula is C14H20N4OS2. The summed E-state index contributed by atoms with van der Waals surface area (Å²) in [5.41, 5.74) is 0.727. The minimum absolute atomic E-state index is 0.0870. The normalized spacial score (nSPS) is 11.6. The van der Waals surface area contributed by atoms with Gasteiger partial charge < -0.3 is 5.32 Å². The molecule has 0 spiro atoms. The van der Waals surface area contributed by atoms with Crippen molar-refractivity contribution in [3.63, 3.8) is 0 Å². The minimum Gasteiger partial charge on any atom is -0.301 e. The second-order valence-electron chi connectivity index (χ2n) is 5.24. The van der Waals surface area contributed by atoms with Crippen molar-refractivity contribution in [2.75, 3.05) is 11.9 Å². The number of aromatic nitrogens is 2. The van der Waals surface area contributed by atoms with Gasteiger partial charge in [0, 0.05) is 16.5 Å². The third-order valence-electron chi connectivity index (χ3n) is 3.13. The second-order valence-corrected chi connectivity index (χ2v) is 7.34. The molecular weight excluding hydrogens is 304 g/mol. The van der Waals surface area contributed by atoms with E-state index in [9.17, 15) is 4.79 Å². The van der Waals surface area contributed by atoms with Crippen molar-refractivity contribution in [2.24, 2.45) is 0 Å². The molecule has 2 rings (SSSR count). The lowest BCUT2D eigenvalue weighted by Crippen LogP contribution is -2.41. The fourth-order valence-corrected chi connectivity index (χ4v) is 3.54. The summed E-state index contributed by atoms with van der Waals surface area (Å²) < 4.78 is 0. The van der Waals surface area contributed by atoms with Crippen LogP contribution in [0.1, 0.15) is 36.3 Å². The van der Waals surface area contributed by atoms with Crippen LogP contribution in [0.15, 0.2) is 11.6 Å². The van der Waals surface area contributed by atoms with Gasteiger partial charge in [-0.3, -0.25) is 10.1 Å². The SMILES string of the molecule is CCc1nc(NC(=O)CNC(C)(C)c2nccs2)sc1C. The highest BCUT2D eigenvalue weighted by Gasteiger charge is 2.23. The van der Waals surface area contributed by atoms with Crippen LogP contribution in [0.25, 0.3) is 0 Å². The molecule has 2 aromatic rings. The number of nitrogens with one attached hydrogen (secondary N) is 2. The molecule has 21 heavy (non-hydrogen) atoms. The highest BCUT2D eigenvalue weighted by Crippen LogP contribution is 2.23. The number of amides is 1. The maximum Gasteiger partial charge on any atom is 0.240 e. The molecule has 0 unspecified atom stereocenters. The zero-order valence-corrected chi connectivity index (χ0v) is 14.3. The van der Waals surface area contributed by atoms with Crippen LogP contribution in [-0.2, 0) is 16.8 Å². The number of nitrogens with zero attached hydrogens (tertiary/aromatic N) is 2. The third-order valence-corrected chi connectivity index (χ3v) is 5.16. The predicted molar refractivity (Wildman–Crippen MR) is 88.0 cm³/mol. The zero-order valence-electron chi connectivity index (χ0n) is 12.7. The van der Waals surface area contributed by atoms with Crippen molar-refractivity contribution in [1.29, 1.82) is 0 Å². The van der Waals surface area contributed by atoms with Gasteiger partial charge in [-0.05, 0) is 27.2 Å². The zero-order chi connectivity index (χ0) is 15.5. The van der Waals surface area contributed by atoms with E-state index in [1.807, 2.05) is 26.2 Å². The standard InChI is InChI=1S/C14H20N4OS2/c1-5-10-9(2)21-13(17-10)18-11(19)8-16-14(3,4)12-15-6-7-20-12/h6-7,16H,5,8H2,1-4H3,(H,17,18,19). The van der Waals surface area contributed by atoms with Gasteiger partial charge in [-0.2, -0.15) is 0 Å². The lowest BCUT2D eigenvalue weighted by Gasteiger charge is -2.23. The Kier molecular flexibility index (Phi) is 5.08. The van der Waals surface area contributed by atoms with E-state index in [0.29, 0.717) is 5.13 Å². The van der Waals surface area contributed by atoms with Crippen LogP contribution < -0.4 is 10.6 Å². The monoisotopic (exact) mass is 324 g/mol. The Hall–Kier alpha value is -1.31. The van der Waals surface area contributed by atoms with Crippen molar-refractivity contribution in [3.8, 4) is 0 Å². The molecule has 1 amide bonds. The third kappa shape index (κ3) is 4.09. The predicted octanol–water partition coefficient (Wildman–Crippen LogP) is 2.93. The second kappa shape index (κ2) is 6.64. The lowest BCUT2D eigenvalue weighted by atomic mass is 10.1. The van der Waals surface area contributed by atoms with Crippen molar-refractivity contribution in [1.82, 2.24) is 15.3 Å².